The van der Waals surface area contributed by atoms with Gasteiger partial charge in [-0.3, -0.25) is 0 Å². The van der Waals surface area contributed by atoms with Gasteiger partial charge in [-0.05, 0) is 23.9 Å². The summed E-state index contributed by atoms with van der Waals surface area (Å²) in [6.45, 7) is 1.98. The Balaban J connectivity index is 2.81. The van der Waals surface area contributed by atoms with Crippen LogP contribution in [0.5, 0.6) is 0 Å². The quantitative estimate of drug-likeness (QED) is 0.672. The Morgan fingerprint density at radius 1 is 1.00 bits per heavy atom. The fourth-order valence-corrected chi connectivity index (χ4v) is 1.76. The van der Waals surface area contributed by atoms with Crippen LogP contribution in [0.2, 0.25) is 0 Å². The number of nitrogen functional groups attached to an aromatic ring is 1. The van der Waals surface area contributed by atoms with Crippen LogP contribution in [0.25, 0.3) is 10.8 Å². The van der Waals surface area contributed by atoms with E-state index >= 15 is 0 Å². The van der Waals surface area contributed by atoms with Crippen molar-refractivity contribution in [1.29, 1.82) is 0 Å². The molecular weight excluding hydrogens is 172 g/mol. The van der Waals surface area contributed by atoms with Crippen LogP contribution < -0.4 is 11.5 Å². The molecule has 0 aliphatic heterocycles. The molecule has 72 valence electrons. The van der Waals surface area contributed by atoms with E-state index < -0.39 is 0 Å². The van der Waals surface area contributed by atoms with E-state index in [1.54, 1.807) is 0 Å². The van der Waals surface area contributed by atoms with Crippen LogP contribution in [0.4, 0.5) is 5.69 Å². The first kappa shape index (κ1) is 9.03. The zero-order valence-corrected chi connectivity index (χ0v) is 8.20. The highest BCUT2D eigenvalue weighted by molar-refractivity contribution is 5.95. The van der Waals surface area contributed by atoms with E-state index in [1.807, 2.05) is 37.3 Å². The third-order valence-corrected chi connectivity index (χ3v) is 2.48. The largest absolute Gasteiger partial charge is 0.398 e. The summed E-state index contributed by atoms with van der Waals surface area (Å²) in [4.78, 5) is 0. The van der Waals surface area contributed by atoms with Crippen LogP contribution in [0.3, 0.4) is 0 Å². The van der Waals surface area contributed by atoms with Gasteiger partial charge in [0.15, 0.2) is 0 Å². The monoisotopic (exact) mass is 186 g/mol. The number of nitrogens with two attached hydrogens (primary N) is 2. The van der Waals surface area contributed by atoms with Crippen LogP contribution in [-0.2, 0) is 0 Å². The van der Waals surface area contributed by atoms with Gasteiger partial charge in [-0.2, -0.15) is 0 Å². The van der Waals surface area contributed by atoms with Gasteiger partial charge >= 0.3 is 0 Å². The van der Waals surface area contributed by atoms with Gasteiger partial charge < -0.3 is 11.5 Å². The Morgan fingerprint density at radius 2 is 1.64 bits per heavy atom. The summed E-state index contributed by atoms with van der Waals surface area (Å²) in [6, 6.07) is 12.0. The maximum absolute atomic E-state index is 5.89. The van der Waals surface area contributed by atoms with Crippen molar-refractivity contribution >= 4 is 16.5 Å². The van der Waals surface area contributed by atoms with E-state index in [2.05, 4.69) is 6.07 Å². The van der Waals surface area contributed by atoms with E-state index in [1.165, 1.54) is 0 Å². The molecule has 2 heteroatoms. The Labute approximate surface area is 83.5 Å². The van der Waals surface area contributed by atoms with Gasteiger partial charge in [0.25, 0.3) is 0 Å². The van der Waals surface area contributed by atoms with Crippen molar-refractivity contribution in [2.45, 2.75) is 13.0 Å². The van der Waals surface area contributed by atoms with Crippen LogP contribution in [0.15, 0.2) is 36.4 Å². The predicted molar refractivity (Wildman–Crippen MR) is 61.0 cm³/mol. The maximum atomic E-state index is 5.89. The van der Waals surface area contributed by atoms with E-state index in [-0.39, 0.29) is 6.04 Å². The highest BCUT2D eigenvalue weighted by Crippen LogP contribution is 2.26. The molecule has 0 bridgehead atoms. The standard InChI is InChI=1S/C12H14N2/c1-8(13)9-4-2-6-11-10(9)5-3-7-12(11)14/h2-8H,13-14H2,1H3/t8-/m1/s1. The molecule has 0 aromatic heterocycles. The van der Waals surface area contributed by atoms with Gasteiger partial charge in [0.1, 0.15) is 0 Å². The Bertz CT molecular complexity index is 461. The van der Waals surface area contributed by atoms with Gasteiger partial charge in [-0.25, -0.2) is 0 Å². The van der Waals surface area contributed by atoms with Gasteiger partial charge in [0.2, 0.25) is 0 Å². The second kappa shape index (κ2) is 3.31. The zero-order chi connectivity index (χ0) is 10.1. The molecule has 0 unspecified atom stereocenters. The fraction of sp³-hybridized carbons (Fsp3) is 0.167. The molecule has 0 radical (unpaired) electrons. The predicted octanol–water partition coefficient (Wildman–Crippen LogP) is 2.44. The lowest BCUT2D eigenvalue weighted by atomic mass is 9.99. The van der Waals surface area contributed by atoms with Gasteiger partial charge in [-0.15, -0.1) is 0 Å². The molecular formula is C12H14N2. The highest BCUT2D eigenvalue weighted by atomic mass is 14.6. The first-order chi connectivity index (χ1) is 6.70. The van der Waals surface area contributed by atoms with Crippen molar-refractivity contribution in [3.05, 3.63) is 42.0 Å². The van der Waals surface area contributed by atoms with E-state index in [9.17, 15) is 0 Å². The molecule has 2 rings (SSSR count). The second-order valence-electron chi connectivity index (χ2n) is 3.58. The van der Waals surface area contributed by atoms with E-state index in [4.69, 9.17) is 11.5 Å². The molecule has 2 aromatic rings. The number of hydrogen-bond donors (Lipinski definition) is 2. The molecule has 4 N–H and O–H groups in total. The van der Waals surface area contributed by atoms with Crippen LogP contribution in [0.1, 0.15) is 18.5 Å². The summed E-state index contributed by atoms with van der Waals surface area (Å²) in [5, 5.41) is 2.24. The molecule has 0 aliphatic carbocycles. The average Bonchev–Trinajstić information content (AvgIpc) is 2.17. The fourth-order valence-electron chi connectivity index (χ4n) is 1.76. The SMILES string of the molecule is C[C@@H](N)c1cccc2c(N)cccc12. The van der Waals surface area contributed by atoms with Crippen LogP contribution in [-0.4, -0.2) is 0 Å². The maximum Gasteiger partial charge on any atom is 0.0393 e. The van der Waals surface area contributed by atoms with Crippen molar-refractivity contribution in [3.63, 3.8) is 0 Å². The van der Waals surface area contributed by atoms with Crippen LogP contribution in [0, 0.1) is 0 Å². The molecule has 0 heterocycles. The first-order valence-electron chi connectivity index (χ1n) is 4.73. The molecule has 2 aromatic carbocycles. The summed E-state index contributed by atoms with van der Waals surface area (Å²) < 4.78 is 0. The van der Waals surface area contributed by atoms with Crippen molar-refractivity contribution < 1.29 is 0 Å². The number of benzene rings is 2. The lowest BCUT2D eigenvalue weighted by Gasteiger charge is -2.10. The zero-order valence-electron chi connectivity index (χ0n) is 8.20. The molecule has 0 saturated heterocycles. The molecule has 0 aliphatic rings. The summed E-state index contributed by atoms with van der Waals surface area (Å²) in [7, 11) is 0. The Kier molecular flexibility index (Phi) is 2.14. The minimum atomic E-state index is 0.0421. The molecule has 0 saturated carbocycles. The summed E-state index contributed by atoms with van der Waals surface area (Å²) >= 11 is 0. The summed E-state index contributed by atoms with van der Waals surface area (Å²) in [5.41, 5.74) is 13.7. The topological polar surface area (TPSA) is 52.0 Å². The Hall–Kier alpha value is -1.54. The van der Waals surface area contributed by atoms with Gasteiger partial charge in [0, 0.05) is 17.1 Å². The second-order valence-corrected chi connectivity index (χ2v) is 3.58. The lowest BCUT2D eigenvalue weighted by molar-refractivity contribution is 0.827. The van der Waals surface area contributed by atoms with Crippen LogP contribution >= 0.6 is 0 Å². The minimum Gasteiger partial charge on any atom is -0.398 e. The lowest BCUT2D eigenvalue weighted by Crippen LogP contribution is -2.05. The number of hydrogen-bond acceptors (Lipinski definition) is 2. The number of rotatable bonds is 1. The van der Waals surface area contributed by atoms with Gasteiger partial charge in [0.05, 0.1) is 0 Å². The smallest absolute Gasteiger partial charge is 0.0393 e. The summed E-state index contributed by atoms with van der Waals surface area (Å²) in [5.74, 6) is 0. The molecule has 1 atom stereocenters. The number of fused-ring (bicyclic) bond motifs is 1. The third kappa shape index (κ3) is 1.34. The van der Waals surface area contributed by atoms with E-state index in [0.29, 0.717) is 0 Å². The molecule has 0 amide bonds. The number of anilines is 1. The molecule has 0 fully saturated rings. The molecule has 2 nitrogen and oxygen atoms in total. The van der Waals surface area contributed by atoms with Crippen molar-refractivity contribution in [2.75, 3.05) is 5.73 Å². The third-order valence-electron chi connectivity index (χ3n) is 2.48. The van der Waals surface area contributed by atoms with E-state index in [0.717, 1.165) is 22.0 Å². The van der Waals surface area contributed by atoms with Crippen molar-refractivity contribution in [1.82, 2.24) is 0 Å². The van der Waals surface area contributed by atoms with Crippen molar-refractivity contribution in [3.8, 4) is 0 Å². The molecule has 0 spiro atoms. The minimum absolute atomic E-state index is 0.0421. The molecule has 14 heavy (non-hydrogen) atoms. The van der Waals surface area contributed by atoms with Gasteiger partial charge in [-0.1, -0.05) is 30.3 Å². The summed E-state index contributed by atoms with van der Waals surface area (Å²) in [6.07, 6.45) is 0. The first-order valence-corrected chi connectivity index (χ1v) is 4.73. The normalized spacial score (nSPS) is 13.0. The van der Waals surface area contributed by atoms with Crippen molar-refractivity contribution in [2.24, 2.45) is 5.73 Å². The Morgan fingerprint density at radius 3 is 2.36 bits per heavy atom. The highest BCUT2D eigenvalue weighted by Gasteiger charge is 2.05. The average molecular weight is 186 g/mol.